The van der Waals surface area contributed by atoms with Gasteiger partial charge in [0.25, 0.3) is 0 Å². The molecule has 0 aromatic carbocycles. The highest BCUT2D eigenvalue weighted by atomic mass is 16.6. The molecule has 0 aromatic rings. The van der Waals surface area contributed by atoms with Crippen molar-refractivity contribution in [2.75, 3.05) is 6.54 Å². The second-order valence-corrected chi connectivity index (χ2v) is 3.20. The van der Waals surface area contributed by atoms with Gasteiger partial charge in [-0.25, -0.2) is 0 Å². The molecule has 0 saturated heterocycles. The summed E-state index contributed by atoms with van der Waals surface area (Å²) in [6.45, 7) is 1.85. The van der Waals surface area contributed by atoms with Crippen molar-refractivity contribution in [3.8, 4) is 0 Å². The highest BCUT2D eigenvalue weighted by Gasteiger charge is 2.32. The first-order valence-corrected chi connectivity index (χ1v) is 3.73. The molecule has 0 N–H and O–H groups in total. The number of carbonyl (C=O) groups is 1. The molecule has 0 aromatic heterocycles. The zero-order chi connectivity index (χ0) is 8.43. The van der Waals surface area contributed by atoms with E-state index in [1.54, 1.807) is 0 Å². The summed E-state index contributed by atoms with van der Waals surface area (Å²) in [6, 6.07) is 0. The lowest BCUT2D eigenvalue weighted by atomic mass is 9.99. The second kappa shape index (κ2) is 2.98. The smallest absolute Gasteiger partial charge is 0.207 e. The number of nitrogens with zero attached hydrogens (tertiary/aromatic N) is 1. The lowest BCUT2D eigenvalue weighted by molar-refractivity contribution is -0.489. The standard InChI is InChI=1S/C7H11NO3/c1-5-2-7(9)3-6(5)4-8(10)11/h5-6H,2-4H2,1H3/t5-,6+/m1/s1. The highest BCUT2D eigenvalue weighted by molar-refractivity contribution is 5.81. The van der Waals surface area contributed by atoms with Crippen LogP contribution in [0.3, 0.4) is 0 Å². The highest BCUT2D eigenvalue weighted by Crippen LogP contribution is 2.28. The maximum absolute atomic E-state index is 10.8. The maximum atomic E-state index is 10.8. The third-order valence-electron chi connectivity index (χ3n) is 2.23. The van der Waals surface area contributed by atoms with E-state index in [1.165, 1.54) is 0 Å². The zero-order valence-electron chi connectivity index (χ0n) is 6.45. The number of carbonyl (C=O) groups excluding carboxylic acids is 1. The molecule has 0 amide bonds. The predicted octanol–water partition coefficient (Wildman–Crippen LogP) is 0.878. The van der Waals surface area contributed by atoms with Gasteiger partial charge in [0.05, 0.1) is 0 Å². The summed E-state index contributed by atoms with van der Waals surface area (Å²) in [4.78, 5) is 20.6. The van der Waals surface area contributed by atoms with Gasteiger partial charge in [0.15, 0.2) is 0 Å². The molecule has 62 valence electrons. The van der Waals surface area contributed by atoms with Gasteiger partial charge < -0.3 is 0 Å². The van der Waals surface area contributed by atoms with E-state index in [9.17, 15) is 14.9 Å². The van der Waals surface area contributed by atoms with Gasteiger partial charge in [0, 0.05) is 23.7 Å². The molecule has 1 aliphatic rings. The van der Waals surface area contributed by atoms with E-state index in [1.807, 2.05) is 6.92 Å². The molecule has 0 unspecified atom stereocenters. The number of rotatable bonds is 2. The van der Waals surface area contributed by atoms with E-state index in [0.29, 0.717) is 12.8 Å². The van der Waals surface area contributed by atoms with Crippen molar-refractivity contribution >= 4 is 5.78 Å². The third-order valence-corrected chi connectivity index (χ3v) is 2.23. The van der Waals surface area contributed by atoms with Gasteiger partial charge in [0.2, 0.25) is 6.54 Å². The van der Waals surface area contributed by atoms with Crippen LogP contribution < -0.4 is 0 Å². The summed E-state index contributed by atoms with van der Waals surface area (Å²) in [7, 11) is 0. The average molecular weight is 157 g/mol. The normalized spacial score (nSPS) is 30.8. The summed E-state index contributed by atoms with van der Waals surface area (Å²) in [5.41, 5.74) is 0. The lowest BCUT2D eigenvalue weighted by Gasteiger charge is -2.07. The Hall–Kier alpha value is -0.930. The molecule has 0 heterocycles. The monoisotopic (exact) mass is 157 g/mol. The second-order valence-electron chi connectivity index (χ2n) is 3.20. The summed E-state index contributed by atoms with van der Waals surface area (Å²) >= 11 is 0. The van der Waals surface area contributed by atoms with E-state index in [4.69, 9.17) is 0 Å². The summed E-state index contributed by atoms with van der Waals surface area (Å²) in [5.74, 6) is 0.356. The fourth-order valence-corrected chi connectivity index (χ4v) is 1.54. The fourth-order valence-electron chi connectivity index (χ4n) is 1.54. The Labute approximate surface area is 64.7 Å². The molecule has 1 saturated carbocycles. The minimum absolute atomic E-state index is 0.0162. The summed E-state index contributed by atoms with van der Waals surface area (Å²) in [5, 5.41) is 10.1. The van der Waals surface area contributed by atoms with E-state index in [2.05, 4.69) is 0 Å². The van der Waals surface area contributed by atoms with E-state index < -0.39 is 0 Å². The van der Waals surface area contributed by atoms with Gasteiger partial charge in [-0.05, 0) is 5.92 Å². The first kappa shape index (κ1) is 8.17. The Kier molecular flexibility index (Phi) is 2.22. The summed E-state index contributed by atoms with van der Waals surface area (Å²) < 4.78 is 0. The minimum atomic E-state index is -0.334. The maximum Gasteiger partial charge on any atom is 0.207 e. The number of nitro groups is 1. The van der Waals surface area contributed by atoms with Crippen LogP contribution in [0.2, 0.25) is 0 Å². The Morgan fingerprint density at radius 1 is 1.64 bits per heavy atom. The van der Waals surface area contributed by atoms with Crippen LogP contribution in [0.1, 0.15) is 19.8 Å². The van der Waals surface area contributed by atoms with E-state index in [0.717, 1.165) is 0 Å². The largest absolute Gasteiger partial charge is 0.300 e. The van der Waals surface area contributed by atoms with Crippen LogP contribution in [0, 0.1) is 22.0 Å². The number of hydrogen-bond acceptors (Lipinski definition) is 3. The van der Waals surface area contributed by atoms with E-state index >= 15 is 0 Å². The zero-order valence-corrected chi connectivity index (χ0v) is 6.45. The van der Waals surface area contributed by atoms with Crippen molar-refractivity contribution in [2.45, 2.75) is 19.8 Å². The van der Waals surface area contributed by atoms with Gasteiger partial charge in [-0.15, -0.1) is 0 Å². The van der Waals surface area contributed by atoms with Gasteiger partial charge in [-0.2, -0.15) is 0 Å². The average Bonchev–Trinajstić information content (AvgIpc) is 2.09. The van der Waals surface area contributed by atoms with Crippen molar-refractivity contribution in [2.24, 2.45) is 11.8 Å². The molecule has 0 spiro atoms. The van der Waals surface area contributed by atoms with Crippen LogP contribution in [-0.2, 0) is 4.79 Å². The number of ketones is 1. The van der Waals surface area contributed by atoms with Gasteiger partial charge in [0.1, 0.15) is 5.78 Å². The Bertz CT molecular complexity index is 190. The summed E-state index contributed by atoms with van der Waals surface area (Å²) in [6.07, 6.45) is 0.931. The quantitative estimate of drug-likeness (QED) is 0.441. The molecular weight excluding hydrogens is 146 g/mol. The van der Waals surface area contributed by atoms with Crippen molar-refractivity contribution in [3.05, 3.63) is 10.1 Å². The van der Waals surface area contributed by atoms with Gasteiger partial charge in [-0.3, -0.25) is 14.9 Å². The molecule has 0 aliphatic heterocycles. The Morgan fingerprint density at radius 2 is 2.27 bits per heavy atom. The minimum Gasteiger partial charge on any atom is -0.300 e. The Morgan fingerprint density at radius 3 is 2.64 bits per heavy atom. The first-order chi connectivity index (χ1) is 5.09. The lowest BCUT2D eigenvalue weighted by Crippen LogP contribution is -2.16. The fraction of sp³-hybridized carbons (Fsp3) is 0.857. The molecule has 2 atom stereocenters. The molecular formula is C7H11NO3. The van der Waals surface area contributed by atoms with Crippen molar-refractivity contribution in [3.63, 3.8) is 0 Å². The van der Waals surface area contributed by atoms with E-state index in [-0.39, 0.29) is 29.1 Å². The molecule has 0 radical (unpaired) electrons. The third kappa shape index (κ3) is 2.00. The van der Waals surface area contributed by atoms with Crippen molar-refractivity contribution < 1.29 is 9.72 Å². The molecule has 4 heteroatoms. The molecule has 4 nitrogen and oxygen atoms in total. The SMILES string of the molecule is C[C@@H]1CC(=O)C[C@H]1C[N+](=O)[O-]. The van der Waals surface area contributed by atoms with Gasteiger partial charge >= 0.3 is 0 Å². The van der Waals surface area contributed by atoms with Gasteiger partial charge in [-0.1, -0.05) is 6.92 Å². The molecule has 1 aliphatic carbocycles. The van der Waals surface area contributed by atoms with Crippen LogP contribution in [-0.4, -0.2) is 17.3 Å². The topological polar surface area (TPSA) is 60.2 Å². The number of hydrogen-bond donors (Lipinski definition) is 0. The molecule has 0 bridgehead atoms. The molecule has 1 rings (SSSR count). The number of Topliss-reactive ketones (excluding diaryl/α,β-unsaturated/α-hetero) is 1. The van der Waals surface area contributed by atoms with Crippen molar-refractivity contribution in [1.29, 1.82) is 0 Å². The van der Waals surface area contributed by atoms with Crippen LogP contribution in [0.15, 0.2) is 0 Å². The van der Waals surface area contributed by atoms with Crippen LogP contribution in [0.25, 0.3) is 0 Å². The molecule has 1 fully saturated rings. The van der Waals surface area contributed by atoms with Crippen LogP contribution >= 0.6 is 0 Å². The molecule has 11 heavy (non-hydrogen) atoms. The van der Waals surface area contributed by atoms with Crippen LogP contribution in [0.4, 0.5) is 0 Å². The Balaban J connectivity index is 2.46. The van der Waals surface area contributed by atoms with Crippen LogP contribution in [0.5, 0.6) is 0 Å². The van der Waals surface area contributed by atoms with Crippen molar-refractivity contribution in [1.82, 2.24) is 0 Å². The first-order valence-electron chi connectivity index (χ1n) is 3.73. The predicted molar refractivity (Wildman–Crippen MR) is 38.8 cm³/mol.